The Morgan fingerprint density at radius 3 is 2.71 bits per heavy atom. The zero-order valence-electron chi connectivity index (χ0n) is 19.2. The lowest BCUT2D eigenvalue weighted by molar-refractivity contribution is 0.0696. The number of carboxylic acids is 1. The molecule has 0 bridgehead atoms. The normalized spacial score (nSPS) is 19.3. The maximum atomic E-state index is 11.2. The van der Waals surface area contributed by atoms with Crippen molar-refractivity contribution in [3.05, 3.63) is 95.0 Å². The van der Waals surface area contributed by atoms with Crippen LogP contribution in [0.5, 0.6) is 0 Å². The van der Waals surface area contributed by atoms with Gasteiger partial charge in [-0.25, -0.2) is 9.78 Å². The Kier molecular flexibility index (Phi) is 6.61. The van der Waals surface area contributed by atoms with Gasteiger partial charge in [0.05, 0.1) is 5.56 Å². The van der Waals surface area contributed by atoms with E-state index in [1.54, 1.807) is 6.07 Å². The smallest absolute Gasteiger partial charge is 0.337 e. The van der Waals surface area contributed by atoms with E-state index in [0.717, 1.165) is 31.9 Å². The van der Waals surface area contributed by atoms with Gasteiger partial charge < -0.3 is 15.3 Å². The summed E-state index contributed by atoms with van der Waals surface area (Å²) in [5.41, 5.74) is 2.93. The van der Waals surface area contributed by atoms with Crippen LogP contribution in [0.3, 0.4) is 0 Å². The number of aromatic carboxylic acids is 1. The molecule has 1 aliphatic heterocycles. The molecule has 2 aromatic heterocycles. The largest absolute Gasteiger partial charge is 0.478 e. The van der Waals surface area contributed by atoms with Crippen LogP contribution in [0.2, 0.25) is 0 Å². The van der Waals surface area contributed by atoms with E-state index in [1.165, 1.54) is 27.4 Å². The Hall–Kier alpha value is -3.22. The van der Waals surface area contributed by atoms with E-state index < -0.39 is 5.97 Å². The molecule has 4 aromatic rings. The Balaban J connectivity index is 1.32. The lowest BCUT2D eigenvalue weighted by atomic mass is 9.80. The average Bonchev–Trinajstić information content (AvgIpc) is 3.32. The van der Waals surface area contributed by atoms with Crippen molar-refractivity contribution in [2.24, 2.45) is 5.92 Å². The fraction of sp³-hybridized carbons (Fsp3) is 0.286. The van der Waals surface area contributed by atoms with E-state index in [2.05, 4.69) is 82.1 Å². The second-order valence-corrected chi connectivity index (χ2v) is 9.95. The van der Waals surface area contributed by atoms with Gasteiger partial charge in [-0.2, -0.15) is 0 Å². The number of anilines is 1. The van der Waals surface area contributed by atoms with Crippen molar-refractivity contribution in [2.75, 3.05) is 24.5 Å². The molecule has 0 amide bonds. The SMILES string of the molecule is C[C@@H](NCC1CCN(c2ccc(C(=O)O)cn2)CC1c1ccccc1)c1csc2ccccc12. The summed E-state index contributed by atoms with van der Waals surface area (Å²) in [5, 5.41) is 16.6. The molecule has 3 heterocycles. The highest BCUT2D eigenvalue weighted by Crippen LogP contribution is 2.35. The van der Waals surface area contributed by atoms with Crippen LogP contribution in [0, 0.1) is 5.92 Å². The van der Waals surface area contributed by atoms with Gasteiger partial charge in [0, 0.05) is 35.9 Å². The molecule has 0 saturated carbocycles. The number of carbonyl (C=O) groups is 1. The first-order chi connectivity index (χ1) is 16.6. The van der Waals surface area contributed by atoms with E-state index in [1.807, 2.05) is 17.4 Å². The molecular weight excluding hydrogens is 442 g/mol. The topological polar surface area (TPSA) is 65.5 Å². The summed E-state index contributed by atoms with van der Waals surface area (Å²) in [7, 11) is 0. The summed E-state index contributed by atoms with van der Waals surface area (Å²) < 4.78 is 1.34. The van der Waals surface area contributed by atoms with E-state index in [-0.39, 0.29) is 11.6 Å². The summed E-state index contributed by atoms with van der Waals surface area (Å²) in [6.45, 7) is 4.98. The van der Waals surface area contributed by atoms with Gasteiger partial charge in [0.1, 0.15) is 5.82 Å². The maximum Gasteiger partial charge on any atom is 0.337 e. The number of fused-ring (bicyclic) bond motifs is 1. The fourth-order valence-corrected chi connectivity index (χ4v) is 6.06. The van der Waals surface area contributed by atoms with Gasteiger partial charge in [-0.05, 0) is 65.9 Å². The van der Waals surface area contributed by atoms with Crippen molar-refractivity contribution in [1.82, 2.24) is 10.3 Å². The van der Waals surface area contributed by atoms with Gasteiger partial charge >= 0.3 is 5.97 Å². The number of hydrogen-bond acceptors (Lipinski definition) is 5. The zero-order valence-corrected chi connectivity index (χ0v) is 20.0. The maximum absolute atomic E-state index is 11.2. The quantitative estimate of drug-likeness (QED) is 0.348. The predicted molar refractivity (Wildman–Crippen MR) is 139 cm³/mol. The number of nitrogens with one attached hydrogen (secondary N) is 1. The number of aromatic nitrogens is 1. The molecule has 0 radical (unpaired) electrons. The Morgan fingerprint density at radius 2 is 1.94 bits per heavy atom. The second kappa shape index (κ2) is 9.95. The fourth-order valence-electron chi connectivity index (χ4n) is 5.00. The van der Waals surface area contributed by atoms with E-state index in [0.29, 0.717) is 11.8 Å². The molecule has 5 nitrogen and oxygen atoms in total. The highest BCUT2D eigenvalue weighted by Gasteiger charge is 2.31. The van der Waals surface area contributed by atoms with Crippen LogP contribution in [0.15, 0.2) is 78.3 Å². The van der Waals surface area contributed by atoms with Crippen LogP contribution >= 0.6 is 11.3 Å². The third kappa shape index (κ3) is 4.69. The second-order valence-electron chi connectivity index (χ2n) is 9.04. The lowest BCUT2D eigenvalue weighted by Gasteiger charge is -2.40. The number of carboxylic acid groups (broad SMARTS) is 1. The Bertz CT molecular complexity index is 1260. The number of hydrogen-bond donors (Lipinski definition) is 2. The summed E-state index contributed by atoms with van der Waals surface area (Å²) >= 11 is 1.81. The van der Waals surface area contributed by atoms with Crippen molar-refractivity contribution >= 4 is 33.2 Å². The number of benzene rings is 2. The van der Waals surface area contributed by atoms with Crippen LogP contribution < -0.4 is 10.2 Å². The van der Waals surface area contributed by atoms with Crippen LogP contribution in [-0.4, -0.2) is 35.7 Å². The van der Waals surface area contributed by atoms with Crippen LogP contribution in [0.25, 0.3) is 10.1 Å². The van der Waals surface area contributed by atoms with Crippen molar-refractivity contribution in [1.29, 1.82) is 0 Å². The predicted octanol–water partition coefficient (Wildman–Crippen LogP) is 5.96. The first-order valence-corrected chi connectivity index (χ1v) is 12.7. The third-order valence-corrected chi connectivity index (χ3v) is 7.95. The molecular formula is C28H29N3O2S. The first kappa shape index (κ1) is 22.6. The summed E-state index contributed by atoms with van der Waals surface area (Å²) in [5.74, 6) is 0.771. The monoisotopic (exact) mass is 471 g/mol. The van der Waals surface area contributed by atoms with Crippen LogP contribution in [-0.2, 0) is 0 Å². The zero-order chi connectivity index (χ0) is 23.5. The average molecular weight is 472 g/mol. The van der Waals surface area contributed by atoms with Crippen LogP contribution in [0.4, 0.5) is 5.82 Å². The molecule has 34 heavy (non-hydrogen) atoms. The van der Waals surface area contributed by atoms with Gasteiger partial charge in [-0.1, -0.05) is 48.5 Å². The number of rotatable bonds is 7. The van der Waals surface area contributed by atoms with Gasteiger partial charge in [-0.15, -0.1) is 11.3 Å². The molecule has 1 fully saturated rings. The van der Waals surface area contributed by atoms with Gasteiger partial charge in [0.25, 0.3) is 0 Å². The summed E-state index contributed by atoms with van der Waals surface area (Å²) in [6.07, 6.45) is 2.50. The lowest BCUT2D eigenvalue weighted by Crippen LogP contribution is -2.43. The minimum Gasteiger partial charge on any atom is -0.478 e. The number of pyridine rings is 1. The molecule has 5 rings (SSSR count). The Morgan fingerprint density at radius 1 is 1.15 bits per heavy atom. The minimum absolute atomic E-state index is 0.220. The molecule has 1 aliphatic rings. The molecule has 2 aromatic carbocycles. The van der Waals surface area contributed by atoms with Crippen molar-refractivity contribution in [3.63, 3.8) is 0 Å². The van der Waals surface area contributed by atoms with Gasteiger partial charge in [-0.3, -0.25) is 0 Å². The molecule has 0 spiro atoms. The standard InChI is InChI=1S/C28H29N3O2S/c1-19(25-18-34-26-10-6-5-9-23(25)26)29-15-21-13-14-31(17-24(21)20-7-3-2-4-8-20)27-12-11-22(16-30-27)28(32)33/h2-12,16,18-19,21,24,29H,13-15,17H2,1H3,(H,32,33)/t19-,21?,24?/m1/s1. The summed E-state index contributed by atoms with van der Waals surface area (Å²) in [6, 6.07) is 23.1. The van der Waals surface area contributed by atoms with Gasteiger partial charge in [0.2, 0.25) is 0 Å². The number of piperidine rings is 1. The van der Waals surface area contributed by atoms with Crippen molar-refractivity contribution < 1.29 is 9.90 Å². The van der Waals surface area contributed by atoms with E-state index in [9.17, 15) is 9.90 Å². The van der Waals surface area contributed by atoms with E-state index in [4.69, 9.17) is 0 Å². The third-order valence-electron chi connectivity index (χ3n) is 6.97. The van der Waals surface area contributed by atoms with Crippen LogP contribution in [0.1, 0.15) is 46.8 Å². The van der Waals surface area contributed by atoms with E-state index >= 15 is 0 Å². The summed E-state index contributed by atoms with van der Waals surface area (Å²) in [4.78, 5) is 17.9. The van der Waals surface area contributed by atoms with Crippen molar-refractivity contribution in [2.45, 2.75) is 25.3 Å². The highest BCUT2D eigenvalue weighted by molar-refractivity contribution is 7.17. The number of nitrogens with zero attached hydrogens (tertiary/aromatic N) is 2. The minimum atomic E-state index is -0.946. The first-order valence-electron chi connectivity index (χ1n) is 11.8. The Labute approximate surface area is 204 Å². The molecule has 1 saturated heterocycles. The van der Waals surface area contributed by atoms with Gasteiger partial charge in [0.15, 0.2) is 0 Å². The highest BCUT2D eigenvalue weighted by atomic mass is 32.1. The van der Waals surface area contributed by atoms with Crippen molar-refractivity contribution in [3.8, 4) is 0 Å². The molecule has 0 aliphatic carbocycles. The molecule has 3 atom stereocenters. The molecule has 6 heteroatoms. The molecule has 2 unspecified atom stereocenters. The molecule has 2 N–H and O–H groups in total. The molecule has 174 valence electrons. The number of thiophene rings is 1.